The molecule has 1 atom stereocenters. The Morgan fingerprint density at radius 2 is 2.42 bits per heavy atom. The Hall–Kier alpha value is -0.610. The Balaban J connectivity index is 2.31. The first-order valence-corrected chi connectivity index (χ1v) is 4.36. The quantitative estimate of drug-likeness (QED) is 0.584. The van der Waals surface area contributed by atoms with Crippen molar-refractivity contribution in [3.05, 3.63) is 0 Å². The smallest absolute Gasteiger partial charge is 0.223 e. The first-order valence-electron chi connectivity index (χ1n) is 4.36. The SMILES string of the molecule is NCCC(=O)N1CC[C@@H](CO)C1. The molecule has 4 nitrogen and oxygen atoms in total. The van der Waals surface area contributed by atoms with Crippen molar-refractivity contribution in [2.75, 3.05) is 26.2 Å². The fourth-order valence-corrected chi connectivity index (χ4v) is 1.49. The molecule has 1 aliphatic rings. The minimum absolute atomic E-state index is 0.119. The maximum atomic E-state index is 11.3. The Bertz CT molecular complexity index is 161. The molecule has 1 aliphatic heterocycles. The van der Waals surface area contributed by atoms with Crippen LogP contribution in [0.4, 0.5) is 0 Å². The van der Waals surface area contributed by atoms with Gasteiger partial charge in [0.25, 0.3) is 0 Å². The van der Waals surface area contributed by atoms with Crippen LogP contribution in [0.25, 0.3) is 0 Å². The Labute approximate surface area is 72.3 Å². The molecule has 0 unspecified atom stereocenters. The molecular formula is C8H16N2O2. The van der Waals surface area contributed by atoms with E-state index < -0.39 is 0 Å². The van der Waals surface area contributed by atoms with E-state index >= 15 is 0 Å². The highest BCUT2D eigenvalue weighted by atomic mass is 16.3. The van der Waals surface area contributed by atoms with Crippen LogP contribution in [0.1, 0.15) is 12.8 Å². The number of carbonyl (C=O) groups excluding carboxylic acids is 1. The summed E-state index contributed by atoms with van der Waals surface area (Å²) in [6, 6.07) is 0. The van der Waals surface area contributed by atoms with Crippen molar-refractivity contribution in [2.24, 2.45) is 11.7 Å². The van der Waals surface area contributed by atoms with Crippen molar-refractivity contribution in [1.82, 2.24) is 4.90 Å². The van der Waals surface area contributed by atoms with Gasteiger partial charge < -0.3 is 15.7 Å². The van der Waals surface area contributed by atoms with Crippen molar-refractivity contribution >= 4 is 5.91 Å². The number of hydrogen-bond donors (Lipinski definition) is 2. The molecule has 12 heavy (non-hydrogen) atoms. The molecule has 0 spiro atoms. The van der Waals surface area contributed by atoms with E-state index in [-0.39, 0.29) is 18.4 Å². The highest BCUT2D eigenvalue weighted by molar-refractivity contribution is 5.76. The van der Waals surface area contributed by atoms with Gasteiger partial charge in [-0.25, -0.2) is 0 Å². The van der Waals surface area contributed by atoms with E-state index in [1.165, 1.54) is 0 Å². The molecule has 1 heterocycles. The number of carbonyl (C=O) groups is 1. The van der Waals surface area contributed by atoms with Crippen LogP contribution in [0, 0.1) is 5.92 Å². The normalized spacial score (nSPS) is 23.2. The Kier molecular flexibility index (Phi) is 3.49. The summed E-state index contributed by atoms with van der Waals surface area (Å²) in [6.45, 7) is 2.09. The van der Waals surface area contributed by atoms with E-state index in [2.05, 4.69) is 0 Å². The number of likely N-dealkylation sites (tertiary alicyclic amines) is 1. The lowest BCUT2D eigenvalue weighted by Gasteiger charge is -2.15. The molecule has 70 valence electrons. The van der Waals surface area contributed by atoms with Crippen LogP contribution in [0.15, 0.2) is 0 Å². The van der Waals surface area contributed by atoms with Gasteiger partial charge in [0.1, 0.15) is 0 Å². The first-order chi connectivity index (χ1) is 5.77. The zero-order valence-electron chi connectivity index (χ0n) is 7.20. The maximum absolute atomic E-state index is 11.3. The van der Waals surface area contributed by atoms with Gasteiger partial charge in [-0.1, -0.05) is 0 Å². The van der Waals surface area contributed by atoms with Crippen LogP contribution in [0.2, 0.25) is 0 Å². The molecule has 0 saturated carbocycles. The minimum Gasteiger partial charge on any atom is -0.396 e. The number of nitrogens with two attached hydrogens (primary N) is 1. The van der Waals surface area contributed by atoms with Crippen LogP contribution >= 0.6 is 0 Å². The highest BCUT2D eigenvalue weighted by Gasteiger charge is 2.24. The second kappa shape index (κ2) is 4.42. The van der Waals surface area contributed by atoms with Gasteiger partial charge in [0.15, 0.2) is 0 Å². The van der Waals surface area contributed by atoms with Gasteiger partial charge in [0, 0.05) is 38.6 Å². The van der Waals surface area contributed by atoms with E-state index in [4.69, 9.17) is 10.8 Å². The van der Waals surface area contributed by atoms with Crippen LogP contribution < -0.4 is 5.73 Å². The lowest BCUT2D eigenvalue weighted by atomic mass is 10.1. The van der Waals surface area contributed by atoms with E-state index in [1.54, 1.807) is 4.90 Å². The van der Waals surface area contributed by atoms with Crippen molar-refractivity contribution in [3.63, 3.8) is 0 Å². The van der Waals surface area contributed by atoms with Gasteiger partial charge in [-0.3, -0.25) is 4.79 Å². The summed E-state index contributed by atoms with van der Waals surface area (Å²) in [4.78, 5) is 13.1. The molecule has 1 amide bonds. The summed E-state index contributed by atoms with van der Waals surface area (Å²) < 4.78 is 0. The van der Waals surface area contributed by atoms with Gasteiger partial charge in [0.2, 0.25) is 5.91 Å². The third-order valence-corrected chi connectivity index (χ3v) is 2.25. The molecule has 3 N–H and O–H groups in total. The predicted octanol–water partition coefficient (Wildman–Crippen LogP) is -0.824. The molecule has 1 rings (SSSR count). The average Bonchev–Trinajstić information content (AvgIpc) is 2.52. The molecule has 1 fully saturated rings. The fourth-order valence-electron chi connectivity index (χ4n) is 1.49. The van der Waals surface area contributed by atoms with Gasteiger partial charge in [-0.15, -0.1) is 0 Å². The molecule has 0 aliphatic carbocycles. The lowest BCUT2D eigenvalue weighted by Crippen LogP contribution is -2.30. The van der Waals surface area contributed by atoms with Crippen LogP contribution in [-0.2, 0) is 4.79 Å². The predicted molar refractivity (Wildman–Crippen MR) is 45.4 cm³/mol. The molecule has 0 aromatic carbocycles. The van der Waals surface area contributed by atoms with E-state index in [0.717, 1.165) is 13.0 Å². The second-order valence-corrected chi connectivity index (χ2v) is 3.22. The van der Waals surface area contributed by atoms with Gasteiger partial charge in [-0.05, 0) is 6.42 Å². The van der Waals surface area contributed by atoms with E-state index in [9.17, 15) is 4.79 Å². The molecule has 1 saturated heterocycles. The van der Waals surface area contributed by atoms with Gasteiger partial charge in [0.05, 0.1) is 0 Å². The first kappa shape index (κ1) is 9.48. The van der Waals surface area contributed by atoms with Crippen molar-refractivity contribution in [3.8, 4) is 0 Å². The van der Waals surface area contributed by atoms with Crippen LogP contribution in [-0.4, -0.2) is 42.2 Å². The van der Waals surface area contributed by atoms with Gasteiger partial charge >= 0.3 is 0 Å². The third-order valence-electron chi connectivity index (χ3n) is 2.25. The number of aliphatic hydroxyl groups excluding tert-OH is 1. The summed E-state index contributed by atoms with van der Waals surface area (Å²) >= 11 is 0. The topological polar surface area (TPSA) is 66.6 Å². The average molecular weight is 172 g/mol. The molecule has 0 aromatic rings. The molecule has 4 heteroatoms. The fraction of sp³-hybridized carbons (Fsp3) is 0.875. The van der Waals surface area contributed by atoms with Crippen molar-refractivity contribution in [1.29, 1.82) is 0 Å². The van der Waals surface area contributed by atoms with E-state index in [1.807, 2.05) is 0 Å². The van der Waals surface area contributed by atoms with E-state index in [0.29, 0.717) is 19.5 Å². The van der Waals surface area contributed by atoms with Gasteiger partial charge in [-0.2, -0.15) is 0 Å². The summed E-state index contributed by atoms with van der Waals surface area (Å²) in [5, 5.41) is 8.83. The van der Waals surface area contributed by atoms with Crippen LogP contribution in [0.3, 0.4) is 0 Å². The number of hydrogen-bond acceptors (Lipinski definition) is 3. The standard InChI is InChI=1S/C8H16N2O2/c9-3-1-8(12)10-4-2-7(5-10)6-11/h7,11H,1-6,9H2/t7-/m1/s1. The maximum Gasteiger partial charge on any atom is 0.223 e. The monoisotopic (exact) mass is 172 g/mol. The summed E-state index contributed by atoms with van der Waals surface area (Å²) in [5.74, 6) is 0.403. The Morgan fingerprint density at radius 3 is 2.92 bits per heavy atom. The summed E-state index contributed by atoms with van der Waals surface area (Å²) in [6.07, 6.45) is 1.35. The summed E-state index contributed by atoms with van der Waals surface area (Å²) in [7, 11) is 0. The van der Waals surface area contributed by atoms with Crippen molar-refractivity contribution in [2.45, 2.75) is 12.8 Å². The zero-order valence-corrected chi connectivity index (χ0v) is 7.20. The highest BCUT2D eigenvalue weighted by Crippen LogP contribution is 2.15. The largest absolute Gasteiger partial charge is 0.396 e. The number of amides is 1. The van der Waals surface area contributed by atoms with Crippen molar-refractivity contribution < 1.29 is 9.90 Å². The molecular weight excluding hydrogens is 156 g/mol. The molecule has 0 bridgehead atoms. The number of nitrogens with zero attached hydrogens (tertiary/aromatic N) is 1. The number of aliphatic hydroxyl groups is 1. The molecule has 0 aromatic heterocycles. The number of rotatable bonds is 3. The third kappa shape index (κ3) is 2.19. The Morgan fingerprint density at radius 1 is 1.67 bits per heavy atom. The minimum atomic E-state index is 0.119. The summed E-state index contributed by atoms with van der Waals surface area (Å²) in [5.41, 5.74) is 5.27. The zero-order chi connectivity index (χ0) is 8.97. The van der Waals surface area contributed by atoms with Crippen LogP contribution in [0.5, 0.6) is 0 Å². The lowest BCUT2D eigenvalue weighted by molar-refractivity contribution is -0.130. The second-order valence-electron chi connectivity index (χ2n) is 3.22. The molecule has 0 radical (unpaired) electrons.